The molecule has 0 fully saturated rings. The summed E-state index contributed by atoms with van der Waals surface area (Å²) in [5.41, 5.74) is 4.61. The molecule has 22 nitrogen and oxygen atoms in total. The number of Topliss-reactive ketones (excluding diaryl/α,β-unsaturated/α-hetero) is 2. The minimum absolute atomic E-state index is 0.00313. The van der Waals surface area contributed by atoms with Crippen LogP contribution < -0.4 is 21.5 Å². The first-order valence-corrected chi connectivity index (χ1v) is 23.2. The normalized spacial score (nSPS) is 15.0. The molecule has 0 saturated heterocycles. The molecule has 0 heterocycles. The Morgan fingerprint density at radius 3 is 1.48 bits per heavy atom. The molecule has 344 valence electrons. The molecule has 0 radical (unpaired) electrons. The van der Waals surface area contributed by atoms with Gasteiger partial charge in [-0.3, -0.25) is 39.0 Å². The number of carbonyl (C=O) groups excluding carboxylic acids is 3. The van der Waals surface area contributed by atoms with Crippen molar-refractivity contribution in [3.8, 4) is 0 Å². The number of hydrogen-bond acceptors (Lipinski definition) is 17. The monoisotopic (exact) mass is 955 g/mol. The Bertz CT molecular complexity index is 2960. The van der Waals surface area contributed by atoms with E-state index < -0.39 is 74.1 Å². The van der Waals surface area contributed by atoms with E-state index >= 15 is 0 Å². The SMILES string of the molecule is Cc1ccc(S(=O)(=O)O)cc1N/N=C1/C(=O)c2ccc(NC(=O)Nc3ccc4c(c3)C=C(S(=O)(=O)O)/C(=N/Nc3ccccc3)C4=O)cc2C=C1S(=O)(=O)O.OCCN(CCO)CCO. The zero-order chi connectivity index (χ0) is 47.7. The van der Waals surface area contributed by atoms with Gasteiger partial charge >= 0.3 is 6.03 Å². The number of hydrogen-bond donors (Lipinski definition) is 10. The van der Waals surface area contributed by atoms with Gasteiger partial charge < -0.3 is 26.0 Å². The molecule has 2 aliphatic carbocycles. The number of ketones is 2. The van der Waals surface area contributed by atoms with Crippen molar-refractivity contribution in [1.82, 2.24) is 4.90 Å². The summed E-state index contributed by atoms with van der Waals surface area (Å²) in [7, 11) is -14.6. The van der Waals surface area contributed by atoms with Crippen LogP contribution in [0.1, 0.15) is 37.4 Å². The van der Waals surface area contributed by atoms with Gasteiger partial charge in [-0.25, -0.2) is 4.79 Å². The van der Waals surface area contributed by atoms with E-state index in [2.05, 4.69) is 31.7 Å². The van der Waals surface area contributed by atoms with E-state index in [1.807, 2.05) is 0 Å². The topological polar surface area (TPSA) is 351 Å². The maximum absolute atomic E-state index is 13.4. The Hall–Kier alpha value is -6.52. The molecule has 4 aromatic carbocycles. The quantitative estimate of drug-likeness (QED) is 0.0605. The molecule has 2 amide bonds. The number of fused-ring (bicyclic) bond motifs is 2. The fraction of sp³-hybridized carbons (Fsp3) is 0.175. The van der Waals surface area contributed by atoms with E-state index in [-0.39, 0.29) is 59.1 Å². The van der Waals surface area contributed by atoms with E-state index in [9.17, 15) is 53.3 Å². The Balaban J connectivity index is 0.000000709. The smallest absolute Gasteiger partial charge is 0.323 e. The Morgan fingerprint density at radius 1 is 0.585 bits per heavy atom. The van der Waals surface area contributed by atoms with Crippen molar-refractivity contribution >= 4 is 94.3 Å². The summed E-state index contributed by atoms with van der Waals surface area (Å²) < 4.78 is 101. The molecular weight excluding hydrogens is 915 g/mol. The highest BCUT2D eigenvalue weighted by atomic mass is 32.2. The van der Waals surface area contributed by atoms with Crippen molar-refractivity contribution in [1.29, 1.82) is 0 Å². The summed E-state index contributed by atoms with van der Waals surface area (Å²) in [5, 5.41) is 38.2. The van der Waals surface area contributed by atoms with Gasteiger partial charge in [-0.2, -0.15) is 35.5 Å². The van der Waals surface area contributed by atoms with Crippen LogP contribution in [-0.2, 0) is 30.4 Å². The minimum Gasteiger partial charge on any atom is -0.395 e. The molecule has 0 unspecified atom stereocenters. The average molecular weight is 956 g/mol. The van der Waals surface area contributed by atoms with Crippen LogP contribution >= 0.6 is 0 Å². The molecule has 10 N–H and O–H groups in total. The Morgan fingerprint density at radius 2 is 1.05 bits per heavy atom. The molecule has 65 heavy (non-hydrogen) atoms. The highest BCUT2D eigenvalue weighted by molar-refractivity contribution is 7.91. The lowest BCUT2D eigenvalue weighted by Crippen LogP contribution is -2.32. The fourth-order valence-electron chi connectivity index (χ4n) is 6.12. The van der Waals surface area contributed by atoms with Crippen molar-refractivity contribution < 1.29 is 68.6 Å². The van der Waals surface area contributed by atoms with Gasteiger partial charge in [-0.15, -0.1) is 0 Å². The summed E-state index contributed by atoms with van der Waals surface area (Å²) in [6.07, 6.45) is 1.95. The van der Waals surface area contributed by atoms with E-state index in [1.165, 1.54) is 42.5 Å². The van der Waals surface area contributed by atoms with Crippen molar-refractivity contribution in [2.45, 2.75) is 11.8 Å². The third-order valence-corrected chi connectivity index (χ3v) is 11.8. The van der Waals surface area contributed by atoms with Gasteiger partial charge in [0.05, 0.1) is 36.1 Å². The van der Waals surface area contributed by atoms with Gasteiger partial charge in [-0.1, -0.05) is 24.3 Å². The van der Waals surface area contributed by atoms with E-state index in [1.54, 1.807) is 42.2 Å². The lowest BCUT2D eigenvalue weighted by atomic mass is 9.94. The number of rotatable bonds is 15. The molecular formula is C40H41N7O15S3. The first-order valence-electron chi connectivity index (χ1n) is 18.8. The predicted octanol–water partition coefficient (Wildman–Crippen LogP) is 2.94. The summed E-state index contributed by atoms with van der Waals surface area (Å²) in [6, 6.07) is 18.7. The first kappa shape index (κ1) is 49.5. The number of hydrazone groups is 2. The van der Waals surface area contributed by atoms with Crippen molar-refractivity contribution in [2.24, 2.45) is 10.2 Å². The second-order valence-corrected chi connectivity index (χ2v) is 18.0. The fourth-order valence-corrected chi connectivity index (χ4v) is 7.94. The summed E-state index contributed by atoms with van der Waals surface area (Å²) in [6.45, 7) is 3.29. The third kappa shape index (κ3) is 12.8. The molecule has 4 aromatic rings. The highest BCUT2D eigenvalue weighted by Crippen LogP contribution is 2.31. The number of nitrogens with zero attached hydrogens (tertiary/aromatic N) is 3. The number of carbonyl (C=O) groups is 3. The maximum atomic E-state index is 13.4. The van der Waals surface area contributed by atoms with Crippen LogP contribution in [0, 0.1) is 6.92 Å². The van der Waals surface area contributed by atoms with Crippen molar-refractivity contribution in [3.63, 3.8) is 0 Å². The highest BCUT2D eigenvalue weighted by Gasteiger charge is 2.34. The molecule has 0 spiro atoms. The van der Waals surface area contributed by atoms with Crippen LogP contribution in [0.3, 0.4) is 0 Å². The van der Waals surface area contributed by atoms with Gasteiger partial charge in [0, 0.05) is 42.1 Å². The number of urea groups is 1. The van der Waals surface area contributed by atoms with Crippen LogP contribution in [0.25, 0.3) is 12.2 Å². The van der Waals surface area contributed by atoms with Crippen LogP contribution in [0.4, 0.5) is 27.5 Å². The number of amides is 2. The Labute approximate surface area is 372 Å². The van der Waals surface area contributed by atoms with Crippen LogP contribution in [0.2, 0.25) is 0 Å². The van der Waals surface area contributed by atoms with E-state index in [0.29, 0.717) is 30.9 Å². The molecule has 25 heteroatoms. The largest absolute Gasteiger partial charge is 0.395 e. The molecule has 0 saturated carbocycles. The number of allylic oxidation sites excluding steroid dienone is 2. The van der Waals surface area contributed by atoms with Gasteiger partial charge in [-0.05, 0) is 96.4 Å². The van der Waals surface area contributed by atoms with Gasteiger partial charge in [0.2, 0.25) is 11.6 Å². The second-order valence-electron chi connectivity index (χ2n) is 13.8. The lowest BCUT2D eigenvalue weighted by molar-refractivity contribution is 0.105. The third-order valence-electron chi connectivity index (χ3n) is 9.25. The number of benzene rings is 4. The minimum atomic E-state index is -5.08. The van der Waals surface area contributed by atoms with Crippen molar-refractivity contribution in [2.75, 3.05) is 60.9 Å². The average Bonchev–Trinajstić information content (AvgIpc) is 3.23. The second kappa shape index (κ2) is 21.0. The zero-order valence-corrected chi connectivity index (χ0v) is 36.4. The van der Waals surface area contributed by atoms with Crippen LogP contribution in [-0.4, -0.2) is 128 Å². The Kier molecular flexibility index (Phi) is 16.0. The van der Waals surface area contributed by atoms with Gasteiger partial charge in [0.25, 0.3) is 30.4 Å². The van der Waals surface area contributed by atoms with Crippen LogP contribution in [0.5, 0.6) is 0 Å². The maximum Gasteiger partial charge on any atom is 0.323 e. The summed E-state index contributed by atoms with van der Waals surface area (Å²) in [5.74, 6) is -1.78. The number of aliphatic hydroxyl groups is 3. The number of aliphatic hydroxyl groups excluding tert-OH is 3. The van der Waals surface area contributed by atoms with Crippen LogP contribution in [0.15, 0.2) is 110 Å². The zero-order valence-electron chi connectivity index (χ0n) is 33.9. The molecule has 0 aliphatic heterocycles. The van der Waals surface area contributed by atoms with Gasteiger partial charge in [0.15, 0.2) is 11.4 Å². The number of aryl methyl sites for hydroxylation is 1. The molecule has 2 aliphatic rings. The van der Waals surface area contributed by atoms with E-state index in [0.717, 1.165) is 24.3 Å². The molecule has 0 atom stereocenters. The number of nitrogens with one attached hydrogen (secondary N) is 4. The summed E-state index contributed by atoms with van der Waals surface area (Å²) >= 11 is 0. The standard InChI is InChI=1S/C34H26N6O12S3.C6H15NO3/c1-18-7-10-24(53(44,45)46)17-27(18)38-40-31-29(55(50,51)52)16-20-14-23(9-12-26(20)33(31)42)36-34(43)35-22-8-11-25-19(13-22)15-28(54(47,48)49)30(32(25)41)39-37-21-5-3-2-4-6-21;8-4-1-7(2-5-9)3-6-10/h2-17,37-38H,1H3,(H2,35,36,43)(H,44,45,46)(H,47,48,49)(H,50,51,52);8-10H,1-6H2/b39-30-,40-31+;. The van der Waals surface area contributed by atoms with E-state index in [4.69, 9.17) is 15.3 Å². The lowest BCUT2D eigenvalue weighted by Gasteiger charge is -2.18. The first-order chi connectivity index (χ1) is 30.6. The predicted molar refractivity (Wildman–Crippen MR) is 240 cm³/mol. The molecule has 6 rings (SSSR count). The summed E-state index contributed by atoms with van der Waals surface area (Å²) in [4.78, 5) is 39.3. The molecule has 0 bridgehead atoms. The number of anilines is 4. The number of para-hydroxylation sites is 1. The van der Waals surface area contributed by atoms with Crippen molar-refractivity contribution in [3.05, 3.63) is 123 Å². The molecule has 0 aromatic heterocycles. The van der Waals surface area contributed by atoms with Gasteiger partial charge in [0.1, 0.15) is 9.81 Å².